The first kappa shape index (κ1) is 13.0. The summed E-state index contributed by atoms with van der Waals surface area (Å²) in [5, 5.41) is 3.59. The highest BCUT2D eigenvalue weighted by molar-refractivity contribution is 6.30. The van der Waals surface area contributed by atoms with Gasteiger partial charge in [-0.05, 0) is 44.2 Å². The number of hydrogen-bond donors (Lipinski definition) is 1. The van der Waals surface area contributed by atoms with Crippen molar-refractivity contribution in [1.29, 1.82) is 0 Å². The van der Waals surface area contributed by atoms with Gasteiger partial charge in [0.2, 0.25) is 0 Å². The van der Waals surface area contributed by atoms with Gasteiger partial charge in [0.05, 0.1) is 5.54 Å². The molecule has 1 aliphatic heterocycles. The topological polar surface area (TPSA) is 32.3 Å². The van der Waals surface area contributed by atoms with Crippen LogP contribution in [0.1, 0.15) is 19.4 Å². The van der Waals surface area contributed by atoms with Crippen LogP contribution in [0.5, 0.6) is 0 Å². The standard InChI is InChI=1S/C16H15ClN2O/c1-16(2)13-5-3-4-6-14(13)18-15(20)19(16)12-9-7-11(17)8-10-12/h3-10H,1-2H3,(H,18,20). The molecule has 0 radical (unpaired) electrons. The van der Waals surface area contributed by atoms with Gasteiger partial charge >= 0.3 is 6.03 Å². The normalized spacial score (nSPS) is 16.6. The Balaban J connectivity index is 2.13. The lowest BCUT2D eigenvalue weighted by atomic mass is 9.88. The van der Waals surface area contributed by atoms with E-state index >= 15 is 0 Å². The average molecular weight is 287 g/mol. The van der Waals surface area contributed by atoms with Crippen LogP contribution in [0.4, 0.5) is 16.2 Å². The molecular formula is C16H15ClN2O. The summed E-state index contributed by atoms with van der Waals surface area (Å²) in [4.78, 5) is 14.2. The first-order valence-corrected chi connectivity index (χ1v) is 6.84. The lowest BCUT2D eigenvalue weighted by molar-refractivity contribution is 0.249. The largest absolute Gasteiger partial charge is 0.327 e. The van der Waals surface area contributed by atoms with Gasteiger partial charge in [0.25, 0.3) is 0 Å². The number of carbonyl (C=O) groups is 1. The SMILES string of the molecule is CC1(C)c2ccccc2NC(=O)N1c1ccc(Cl)cc1. The minimum Gasteiger partial charge on any atom is -0.307 e. The van der Waals surface area contributed by atoms with Crippen LogP contribution < -0.4 is 10.2 Å². The van der Waals surface area contributed by atoms with E-state index in [4.69, 9.17) is 11.6 Å². The molecule has 4 heteroatoms. The third-order valence-electron chi connectivity index (χ3n) is 3.67. The summed E-state index contributed by atoms with van der Waals surface area (Å²) in [5.41, 5.74) is 2.36. The number of fused-ring (bicyclic) bond motifs is 1. The molecule has 0 aliphatic carbocycles. The molecule has 1 heterocycles. The van der Waals surface area contributed by atoms with Gasteiger partial charge in [0.15, 0.2) is 0 Å². The molecule has 0 unspecified atom stereocenters. The lowest BCUT2D eigenvalue weighted by Gasteiger charge is -2.43. The lowest BCUT2D eigenvalue weighted by Crippen LogP contribution is -2.51. The molecule has 3 nitrogen and oxygen atoms in total. The second kappa shape index (κ2) is 4.53. The summed E-state index contributed by atoms with van der Waals surface area (Å²) in [5.74, 6) is 0. The van der Waals surface area contributed by atoms with Crippen molar-refractivity contribution in [2.75, 3.05) is 10.2 Å². The molecule has 2 aromatic rings. The van der Waals surface area contributed by atoms with E-state index in [0.29, 0.717) is 5.02 Å². The number of nitrogens with one attached hydrogen (secondary N) is 1. The summed E-state index contributed by atoms with van der Waals surface area (Å²) in [6.07, 6.45) is 0. The van der Waals surface area contributed by atoms with Crippen molar-refractivity contribution in [2.45, 2.75) is 19.4 Å². The fraction of sp³-hybridized carbons (Fsp3) is 0.188. The third-order valence-corrected chi connectivity index (χ3v) is 3.93. The maximum Gasteiger partial charge on any atom is 0.327 e. The smallest absolute Gasteiger partial charge is 0.307 e. The Morgan fingerprint density at radius 2 is 1.70 bits per heavy atom. The first-order valence-electron chi connectivity index (χ1n) is 6.46. The van der Waals surface area contributed by atoms with Crippen molar-refractivity contribution in [3.8, 4) is 0 Å². The summed E-state index contributed by atoms with van der Waals surface area (Å²) in [6, 6.07) is 15.0. The van der Waals surface area contributed by atoms with Gasteiger partial charge in [0, 0.05) is 22.0 Å². The molecule has 0 atom stereocenters. The van der Waals surface area contributed by atoms with Gasteiger partial charge in [-0.15, -0.1) is 0 Å². The van der Waals surface area contributed by atoms with Crippen molar-refractivity contribution >= 4 is 29.0 Å². The Bertz CT molecular complexity index is 664. The predicted molar refractivity (Wildman–Crippen MR) is 82.4 cm³/mol. The van der Waals surface area contributed by atoms with Crippen LogP contribution in [0, 0.1) is 0 Å². The highest BCUT2D eigenvalue weighted by atomic mass is 35.5. The quantitative estimate of drug-likeness (QED) is 0.814. The molecule has 0 saturated heterocycles. The molecule has 2 aromatic carbocycles. The third kappa shape index (κ3) is 1.95. The Labute approximate surface area is 123 Å². The van der Waals surface area contributed by atoms with Crippen molar-refractivity contribution < 1.29 is 4.79 Å². The first-order chi connectivity index (χ1) is 9.50. The number of benzene rings is 2. The van der Waals surface area contributed by atoms with Crippen LogP contribution in [-0.2, 0) is 5.54 Å². The summed E-state index contributed by atoms with van der Waals surface area (Å²) in [7, 11) is 0. The average Bonchev–Trinajstić information content (AvgIpc) is 2.40. The molecule has 0 saturated carbocycles. The zero-order chi connectivity index (χ0) is 14.3. The van der Waals surface area contributed by atoms with Crippen LogP contribution in [0.2, 0.25) is 5.02 Å². The van der Waals surface area contributed by atoms with E-state index in [9.17, 15) is 4.79 Å². The second-order valence-electron chi connectivity index (χ2n) is 5.35. The van der Waals surface area contributed by atoms with E-state index in [0.717, 1.165) is 16.9 Å². The number of carbonyl (C=O) groups excluding carboxylic acids is 1. The molecule has 20 heavy (non-hydrogen) atoms. The summed E-state index contributed by atoms with van der Waals surface area (Å²) < 4.78 is 0. The second-order valence-corrected chi connectivity index (χ2v) is 5.78. The van der Waals surface area contributed by atoms with Crippen LogP contribution in [-0.4, -0.2) is 6.03 Å². The molecule has 1 aliphatic rings. The maximum absolute atomic E-state index is 12.4. The number of urea groups is 1. The van der Waals surface area contributed by atoms with Gasteiger partial charge in [-0.25, -0.2) is 4.79 Å². The molecule has 0 aromatic heterocycles. The van der Waals surface area contributed by atoms with Gasteiger partial charge in [-0.3, -0.25) is 4.90 Å². The van der Waals surface area contributed by atoms with Crippen molar-refractivity contribution in [3.63, 3.8) is 0 Å². The van der Waals surface area contributed by atoms with E-state index in [1.54, 1.807) is 17.0 Å². The number of anilines is 2. The number of para-hydroxylation sites is 1. The van der Waals surface area contributed by atoms with E-state index in [1.165, 1.54) is 0 Å². The van der Waals surface area contributed by atoms with Crippen LogP contribution in [0.3, 0.4) is 0 Å². The van der Waals surface area contributed by atoms with Gasteiger partial charge in [0.1, 0.15) is 0 Å². The zero-order valence-electron chi connectivity index (χ0n) is 11.4. The van der Waals surface area contributed by atoms with Gasteiger partial charge in [-0.2, -0.15) is 0 Å². The molecule has 2 amide bonds. The Hall–Kier alpha value is -2.00. The Kier molecular flexibility index (Phi) is 2.94. The Morgan fingerprint density at radius 3 is 2.40 bits per heavy atom. The van der Waals surface area contributed by atoms with Crippen LogP contribution in [0.25, 0.3) is 0 Å². The maximum atomic E-state index is 12.4. The van der Waals surface area contributed by atoms with Gasteiger partial charge < -0.3 is 5.32 Å². The van der Waals surface area contributed by atoms with Crippen LogP contribution in [0.15, 0.2) is 48.5 Å². The fourth-order valence-electron chi connectivity index (χ4n) is 2.70. The number of halogens is 1. The van der Waals surface area contributed by atoms with Crippen LogP contribution >= 0.6 is 11.6 Å². The molecule has 1 N–H and O–H groups in total. The van der Waals surface area contributed by atoms with E-state index < -0.39 is 5.54 Å². The van der Waals surface area contributed by atoms with E-state index in [2.05, 4.69) is 5.32 Å². The predicted octanol–water partition coefficient (Wildman–Crippen LogP) is 4.63. The van der Waals surface area contributed by atoms with Gasteiger partial charge in [-0.1, -0.05) is 29.8 Å². The minimum atomic E-state index is -0.424. The van der Waals surface area contributed by atoms with E-state index in [1.807, 2.05) is 50.2 Å². The van der Waals surface area contributed by atoms with Crippen molar-refractivity contribution in [1.82, 2.24) is 0 Å². The minimum absolute atomic E-state index is 0.129. The zero-order valence-corrected chi connectivity index (χ0v) is 12.1. The molecule has 0 bridgehead atoms. The Morgan fingerprint density at radius 1 is 1.05 bits per heavy atom. The molecule has 0 fully saturated rings. The summed E-state index contributed by atoms with van der Waals surface area (Å²) in [6.45, 7) is 4.08. The molecular weight excluding hydrogens is 272 g/mol. The molecule has 3 rings (SSSR count). The number of hydrogen-bond acceptors (Lipinski definition) is 1. The summed E-state index contributed by atoms with van der Waals surface area (Å²) >= 11 is 5.92. The number of rotatable bonds is 1. The van der Waals surface area contributed by atoms with E-state index in [-0.39, 0.29) is 6.03 Å². The highest BCUT2D eigenvalue weighted by Gasteiger charge is 2.39. The number of nitrogens with zero attached hydrogens (tertiary/aromatic N) is 1. The van der Waals surface area contributed by atoms with Crippen molar-refractivity contribution in [2.24, 2.45) is 0 Å². The fourth-order valence-corrected chi connectivity index (χ4v) is 2.83. The molecule has 0 spiro atoms. The highest BCUT2D eigenvalue weighted by Crippen LogP contribution is 2.40. The van der Waals surface area contributed by atoms with Crippen molar-refractivity contribution in [3.05, 3.63) is 59.1 Å². The monoisotopic (exact) mass is 286 g/mol. The molecule has 102 valence electrons. The number of amides is 2.